The molecule has 1 rings (SSSR count). The second-order valence-corrected chi connectivity index (χ2v) is 4.61. The van der Waals surface area contributed by atoms with Crippen LogP contribution < -0.4 is 10.2 Å². The van der Waals surface area contributed by atoms with Crippen molar-refractivity contribution in [3.63, 3.8) is 0 Å². The van der Waals surface area contributed by atoms with Gasteiger partial charge in [-0.05, 0) is 20.8 Å². The van der Waals surface area contributed by atoms with Crippen molar-refractivity contribution in [3.05, 3.63) is 20.7 Å². The third-order valence-corrected chi connectivity index (χ3v) is 1.92. The lowest BCUT2D eigenvalue weighted by atomic mass is 10.1. The summed E-state index contributed by atoms with van der Waals surface area (Å²) in [6, 6.07) is 0. The predicted molar refractivity (Wildman–Crippen MR) is 52.2 cm³/mol. The SMILES string of the molecule is CC(C)(C)NC(=O)c1csc(=O)[nH]1. The monoisotopic (exact) mass is 200 g/mol. The Labute approximate surface area is 80.0 Å². The maximum atomic E-state index is 11.4. The summed E-state index contributed by atoms with van der Waals surface area (Å²) in [5, 5.41) is 4.26. The number of nitrogens with one attached hydrogen (secondary N) is 2. The van der Waals surface area contributed by atoms with Crippen molar-refractivity contribution in [1.29, 1.82) is 0 Å². The molecule has 1 heterocycles. The minimum Gasteiger partial charge on any atom is -0.346 e. The van der Waals surface area contributed by atoms with Gasteiger partial charge in [0, 0.05) is 10.9 Å². The van der Waals surface area contributed by atoms with Crippen molar-refractivity contribution in [2.24, 2.45) is 0 Å². The standard InChI is InChI=1S/C8H12N2O2S/c1-8(2,3)10-6(11)5-4-13-7(12)9-5/h4H,1-3H3,(H,9,12)(H,10,11). The fraction of sp³-hybridized carbons (Fsp3) is 0.500. The van der Waals surface area contributed by atoms with Crippen LogP contribution in [0.25, 0.3) is 0 Å². The quantitative estimate of drug-likeness (QED) is 0.709. The molecule has 4 nitrogen and oxygen atoms in total. The molecular formula is C8H12N2O2S. The van der Waals surface area contributed by atoms with Crippen LogP contribution in [0.4, 0.5) is 0 Å². The van der Waals surface area contributed by atoms with Crippen LogP contribution in [0.2, 0.25) is 0 Å². The number of hydrogen-bond donors (Lipinski definition) is 2. The normalized spacial score (nSPS) is 11.3. The van der Waals surface area contributed by atoms with Gasteiger partial charge in [0.25, 0.3) is 5.91 Å². The van der Waals surface area contributed by atoms with Gasteiger partial charge in [-0.15, -0.1) is 0 Å². The number of H-pyrrole nitrogens is 1. The Bertz CT molecular complexity index is 359. The van der Waals surface area contributed by atoms with Crippen molar-refractivity contribution in [3.8, 4) is 0 Å². The lowest BCUT2D eigenvalue weighted by Crippen LogP contribution is -2.40. The van der Waals surface area contributed by atoms with Gasteiger partial charge in [0.15, 0.2) is 0 Å². The van der Waals surface area contributed by atoms with Crippen LogP contribution in [0.3, 0.4) is 0 Å². The summed E-state index contributed by atoms with van der Waals surface area (Å²) in [6.45, 7) is 5.65. The Balaban J connectivity index is 2.75. The second-order valence-electron chi connectivity index (χ2n) is 3.77. The fourth-order valence-electron chi connectivity index (χ4n) is 0.800. The maximum Gasteiger partial charge on any atom is 0.305 e. The van der Waals surface area contributed by atoms with Gasteiger partial charge in [0.1, 0.15) is 5.69 Å². The third kappa shape index (κ3) is 3.02. The summed E-state index contributed by atoms with van der Waals surface area (Å²) in [4.78, 5) is 24.4. The van der Waals surface area contributed by atoms with Crippen LogP contribution in [0.15, 0.2) is 10.2 Å². The molecule has 0 aliphatic rings. The molecule has 1 aromatic rings. The van der Waals surface area contributed by atoms with E-state index in [1.165, 1.54) is 5.38 Å². The largest absolute Gasteiger partial charge is 0.346 e. The summed E-state index contributed by atoms with van der Waals surface area (Å²) < 4.78 is 0. The van der Waals surface area contributed by atoms with Gasteiger partial charge >= 0.3 is 4.87 Å². The van der Waals surface area contributed by atoms with Gasteiger partial charge in [-0.25, -0.2) is 0 Å². The zero-order chi connectivity index (χ0) is 10.1. The first-order chi connectivity index (χ1) is 5.88. The van der Waals surface area contributed by atoms with Crippen LogP contribution in [-0.4, -0.2) is 16.4 Å². The number of aromatic amines is 1. The molecule has 0 fully saturated rings. The molecule has 0 unspecified atom stereocenters. The zero-order valence-electron chi connectivity index (χ0n) is 7.80. The first-order valence-corrected chi connectivity index (χ1v) is 4.77. The summed E-state index contributed by atoms with van der Waals surface area (Å²) in [5.41, 5.74) is 0.0422. The summed E-state index contributed by atoms with van der Waals surface area (Å²) >= 11 is 0.987. The van der Waals surface area contributed by atoms with Crippen molar-refractivity contribution in [1.82, 2.24) is 10.3 Å². The molecule has 1 amide bonds. The average molecular weight is 200 g/mol. The molecule has 2 N–H and O–H groups in total. The van der Waals surface area contributed by atoms with E-state index in [1.54, 1.807) is 0 Å². The zero-order valence-corrected chi connectivity index (χ0v) is 8.62. The van der Waals surface area contributed by atoms with Gasteiger partial charge in [-0.1, -0.05) is 11.3 Å². The highest BCUT2D eigenvalue weighted by Crippen LogP contribution is 2.02. The van der Waals surface area contributed by atoms with Crippen molar-refractivity contribution < 1.29 is 4.79 Å². The highest BCUT2D eigenvalue weighted by Gasteiger charge is 2.16. The molecule has 0 saturated carbocycles. The second kappa shape index (κ2) is 3.33. The Hall–Kier alpha value is -1.10. The lowest BCUT2D eigenvalue weighted by Gasteiger charge is -2.19. The molecule has 0 aliphatic carbocycles. The van der Waals surface area contributed by atoms with Gasteiger partial charge in [0.2, 0.25) is 0 Å². The van der Waals surface area contributed by atoms with E-state index >= 15 is 0 Å². The summed E-state index contributed by atoms with van der Waals surface area (Å²) in [5.74, 6) is -0.245. The van der Waals surface area contributed by atoms with E-state index in [4.69, 9.17) is 0 Å². The minimum atomic E-state index is -0.282. The molecule has 72 valence electrons. The van der Waals surface area contributed by atoms with Crippen molar-refractivity contribution in [2.45, 2.75) is 26.3 Å². The van der Waals surface area contributed by atoms with E-state index in [1.807, 2.05) is 20.8 Å². The van der Waals surface area contributed by atoms with Gasteiger partial charge in [-0.3, -0.25) is 9.59 Å². The molecule has 0 aliphatic heterocycles. The van der Waals surface area contributed by atoms with E-state index in [0.29, 0.717) is 5.69 Å². The number of hydrogen-bond acceptors (Lipinski definition) is 3. The molecular weight excluding hydrogens is 188 g/mol. The molecule has 0 atom stereocenters. The van der Waals surface area contributed by atoms with Crippen LogP contribution >= 0.6 is 11.3 Å². The maximum absolute atomic E-state index is 11.4. The molecule has 0 saturated heterocycles. The Morgan fingerprint density at radius 2 is 2.15 bits per heavy atom. The molecule has 5 heteroatoms. The number of carbonyl (C=O) groups excluding carboxylic acids is 1. The number of aromatic nitrogens is 1. The summed E-state index contributed by atoms with van der Waals surface area (Å²) in [6.07, 6.45) is 0. The van der Waals surface area contributed by atoms with Gasteiger partial charge < -0.3 is 10.3 Å². The minimum absolute atomic E-state index is 0.209. The Kier molecular flexibility index (Phi) is 2.56. The van der Waals surface area contributed by atoms with E-state index in [0.717, 1.165) is 11.3 Å². The summed E-state index contributed by atoms with van der Waals surface area (Å²) in [7, 11) is 0. The first-order valence-electron chi connectivity index (χ1n) is 3.89. The van der Waals surface area contributed by atoms with Crippen molar-refractivity contribution in [2.75, 3.05) is 0 Å². The Morgan fingerprint density at radius 1 is 1.54 bits per heavy atom. The van der Waals surface area contributed by atoms with Crippen LogP contribution in [0.5, 0.6) is 0 Å². The number of amides is 1. The highest BCUT2D eigenvalue weighted by molar-refractivity contribution is 7.07. The number of thiazole rings is 1. The number of carbonyl (C=O) groups is 1. The van der Waals surface area contributed by atoms with E-state index in [9.17, 15) is 9.59 Å². The predicted octanol–water partition coefficient (Wildman–Crippen LogP) is 0.965. The molecule has 1 aromatic heterocycles. The Morgan fingerprint density at radius 3 is 2.54 bits per heavy atom. The lowest BCUT2D eigenvalue weighted by molar-refractivity contribution is 0.0915. The average Bonchev–Trinajstić information content (AvgIpc) is 2.31. The van der Waals surface area contributed by atoms with E-state index in [-0.39, 0.29) is 16.3 Å². The van der Waals surface area contributed by atoms with Crippen molar-refractivity contribution >= 4 is 17.2 Å². The van der Waals surface area contributed by atoms with E-state index in [2.05, 4.69) is 10.3 Å². The van der Waals surface area contributed by atoms with Gasteiger partial charge in [0.05, 0.1) is 0 Å². The number of rotatable bonds is 1. The molecule has 0 aromatic carbocycles. The van der Waals surface area contributed by atoms with Gasteiger partial charge in [-0.2, -0.15) is 0 Å². The smallest absolute Gasteiger partial charge is 0.305 e. The first kappa shape index (κ1) is 9.98. The molecule has 0 spiro atoms. The molecule has 0 radical (unpaired) electrons. The topological polar surface area (TPSA) is 62.0 Å². The van der Waals surface area contributed by atoms with Crippen LogP contribution in [-0.2, 0) is 0 Å². The fourth-order valence-corrected chi connectivity index (χ4v) is 1.36. The van der Waals surface area contributed by atoms with Crippen LogP contribution in [0.1, 0.15) is 31.3 Å². The molecule has 13 heavy (non-hydrogen) atoms. The van der Waals surface area contributed by atoms with Crippen LogP contribution in [0, 0.1) is 0 Å². The van der Waals surface area contributed by atoms with E-state index < -0.39 is 0 Å². The molecule has 0 bridgehead atoms. The highest BCUT2D eigenvalue weighted by atomic mass is 32.1. The third-order valence-electron chi connectivity index (χ3n) is 1.25.